The number of rotatable bonds is 3. The highest BCUT2D eigenvalue weighted by Gasteiger charge is 2.22. The molecule has 0 unspecified atom stereocenters. The van der Waals surface area contributed by atoms with E-state index in [2.05, 4.69) is 20.9 Å². The van der Waals surface area contributed by atoms with Crippen molar-refractivity contribution in [3.05, 3.63) is 106 Å². The van der Waals surface area contributed by atoms with Crippen LogP contribution in [-0.2, 0) is 0 Å². The molecule has 5 rings (SSSR count). The summed E-state index contributed by atoms with van der Waals surface area (Å²) >= 11 is 3.48. The lowest BCUT2D eigenvalue weighted by Crippen LogP contribution is -2.14. The van der Waals surface area contributed by atoms with E-state index in [9.17, 15) is 4.79 Å². The summed E-state index contributed by atoms with van der Waals surface area (Å²) in [5, 5.41) is 0. The summed E-state index contributed by atoms with van der Waals surface area (Å²) < 4.78 is 8.55. The largest absolute Gasteiger partial charge is 0.452 e. The third-order valence-electron chi connectivity index (χ3n) is 4.80. The molecule has 0 bridgehead atoms. The van der Waals surface area contributed by atoms with Crippen molar-refractivity contribution < 1.29 is 4.42 Å². The van der Waals surface area contributed by atoms with Crippen LogP contribution in [0.4, 0.5) is 0 Å². The Bertz CT molecular complexity index is 1370. The molecule has 0 radical (unpaired) electrons. The van der Waals surface area contributed by atoms with Gasteiger partial charge in [-0.25, -0.2) is 4.98 Å². The molecule has 5 heteroatoms. The molecular formula is C24H15BrN2O2. The Hall–Kier alpha value is -3.44. The Balaban J connectivity index is 1.88. The Morgan fingerprint density at radius 2 is 1.34 bits per heavy atom. The van der Waals surface area contributed by atoms with Gasteiger partial charge >= 0.3 is 0 Å². The lowest BCUT2D eigenvalue weighted by atomic mass is 10.1. The van der Waals surface area contributed by atoms with Crippen molar-refractivity contribution in [2.24, 2.45) is 0 Å². The maximum atomic E-state index is 13.5. The smallest absolute Gasteiger partial charge is 0.224 e. The first-order chi connectivity index (χ1) is 14.2. The van der Waals surface area contributed by atoms with Crippen LogP contribution in [0.15, 0.2) is 105 Å². The molecule has 2 aromatic heterocycles. The Labute approximate surface area is 175 Å². The number of halogens is 1. The number of nitrogens with zero attached hydrogens (tertiary/aromatic N) is 2. The number of aromatic nitrogens is 2. The Morgan fingerprint density at radius 3 is 2.03 bits per heavy atom. The van der Waals surface area contributed by atoms with E-state index in [0.717, 1.165) is 22.2 Å². The maximum Gasteiger partial charge on any atom is 0.224 e. The SMILES string of the molecule is O=c1c(Br)c(-c2ccccc2)oc(-c2ccccc2)c1-n1cnc2ccccc21. The monoisotopic (exact) mass is 442 g/mol. The van der Waals surface area contributed by atoms with Gasteiger partial charge in [0.15, 0.2) is 11.5 Å². The van der Waals surface area contributed by atoms with Crippen LogP contribution in [-0.4, -0.2) is 9.55 Å². The van der Waals surface area contributed by atoms with Gasteiger partial charge in [0.05, 0.1) is 11.0 Å². The molecule has 0 saturated carbocycles. The normalized spacial score (nSPS) is 11.1. The van der Waals surface area contributed by atoms with E-state index < -0.39 is 0 Å². The van der Waals surface area contributed by atoms with Crippen LogP contribution in [0.2, 0.25) is 0 Å². The van der Waals surface area contributed by atoms with Crippen LogP contribution in [0, 0.1) is 0 Å². The van der Waals surface area contributed by atoms with Crippen molar-refractivity contribution in [3.63, 3.8) is 0 Å². The minimum Gasteiger partial charge on any atom is -0.452 e. The average molecular weight is 443 g/mol. The van der Waals surface area contributed by atoms with Crippen molar-refractivity contribution in [1.29, 1.82) is 0 Å². The zero-order valence-corrected chi connectivity index (χ0v) is 16.8. The van der Waals surface area contributed by atoms with Crippen LogP contribution >= 0.6 is 15.9 Å². The van der Waals surface area contributed by atoms with Crippen molar-refractivity contribution in [3.8, 4) is 28.3 Å². The Morgan fingerprint density at radius 1 is 0.759 bits per heavy atom. The molecule has 0 aliphatic heterocycles. The van der Waals surface area contributed by atoms with Gasteiger partial charge in [0.1, 0.15) is 16.5 Å². The fraction of sp³-hybridized carbons (Fsp3) is 0. The third-order valence-corrected chi connectivity index (χ3v) is 5.52. The summed E-state index contributed by atoms with van der Waals surface area (Å²) in [4.78, 5) is 18.0. The highest BCUT2D eigenvalue weighted by molar-refractivity contribution is 9.10. The van der Waals surface area contributed by atoms with Gasteiger partial charge in [-0.15, -0.1) is 0 Å². The van der Waals surface area contributed by atoms with E-state index in [-0.39, 0.29) is 5.43 Å². The molecule has 140 valence electrons. The number of imidazole rings is 1. The van der Waals surface area contributed by atoms with E-state index in [4.69, 9.17) is 4.42 Å². The van der Waals surface area contributed by atoms with Crippen LogP contribution in [0.1, 0.15) is 0 Å². The summed E-state index contributed by atoms with van der Waals surface area (Å²) in [6, 6.07) is 27.0. The van der Waals surface area contributed by atoms with Gasteiger partial charge in [-0.3, -0.25) is 9.36 Å². The van der Waals surface area contributed by atoms with Gasteiger partial charge < -0.3 is 4.42 Å². The molecule has 0 saturated heterocycles. The molecule has 0 spiro atoms. The zero-order chi connectivity index (χ0) is 19.8. The summed E-state index contributed by atoms with van der Waals surface area (Å²) in [6.45, 7) is 0. The molecule has 3 aromatic carbocycles. The highest BCUT2D eigenvalue weighted by atomic mass is 79.9. The fourth-order valence-electron chi connectivity index (χ4n) is 3.42. The van der Waals surface area contributed by atoms with E-state index >= 15 is 0 Å². The van der Waals surface area contributed by atoms with Crippen LogP contribution < -0.4 is 5.43 Å². The first-order valence-corrected chi connectivity index (χ1v) is 9.93. The molecule has 0 amide bonds. The van der Waals surface area contributed by atoms with Gasteiger partial charge in [0.25, 0.3) is 0 Å². The molecule has 4 nitrogen and oxygen atoms in total. The molecule has 5 aromatic rings. The first-order valence-electron chi connectivity index (χ1n) is 9.14. The van der Waals surface area contributed by atoms with E-state index in [1.165, 1.54) is 0 Å². The van der Waals surface area contributed by atoms with E-state index in [1.807, 2.05) is 84.9 Å². The molecule has 0 fully saturated rings. The topological polar surface area (TPSA) is 48.0 Å². The minimum atomic E-state index is -0.155. The average Bonchev–Trinajstić information content (AvgIpc) is 3.20. The first kappa shape index (κ1) is 17.6. The second-order valence-corrected chi connectivity index (χ2v) is 7.38. The molecule has 0 aliphatic carbocycles. The van der Waals surface area contributed by atoms with Gasteiger partial charge in [-0.2, -0.15) is 0 Å². The zero-order valence-electron chi connectivity index (χ0n) is 15.2. The predicted molar refractivity (Wildman–Crippen MR) is 118 cm³/mol. The molecule has 0 N–H and O–H groups in total. The lowest BCUT2D eigenvalue weighted by Gasteiger charge is -2.14. The number of benzene rings is 3. The predicted octanol–water partition coefficient (Wildman–Crippen LogP) is 6.08. The van der Waals surface area contributed by atoms with Crippen LogP contribution in [0.3, 0.4) is 0 Å². The molecular weight excluding hydrogens is 428 g/mol. The summed E-state index contributed by atoms with van der Waals surface area (Å²) in [5.74, 6) is 1.00. The number of fused-ring (bicyclic) bond motifs is 1. The molecule has 0 atom stereocenters. The van der Waals surface area contributed by atoms with Gasteiger partial charge in [0, 0.05) is 11.1 Å². The molecule has 0 aliphatic rings. The van der Waals surface area contributed by atoms with Crippen molar-refractivity contribution >= 4 is 27.0 Å². The van der Waals surface area contributed by atoms with Gasteiger partial charge in [0.2, 0.25) is 5.43 Å². The molecule has 29 heavy (non-hydrogen) atoms. The second kappa shape index (κ2) is 7.18. The van der Waals surface area contributed by atoms with E-state index in [0.29, 0.717) is 21.7 Å². The van der Waals surface area contributed by atoms with Crippen molar-refractivity contribution in [2.75, 3.05) is 0 Å². The number of hydrogen-bond acceptors (Lipinski definition) is 3. The summed E-state index contributed by atoms with van der Waals surface area (Å²) in [5.41, 5.74) is 3.58. The lowest BCUT2D eigenvalue weighted by molar-refractivity contribution is 0.573. The number of hydrogen-bond donors (Lipinski definition) is 0. The van der Waals surface area contributed by atoms with E-state index in [1.54, 1.807) is 10.9 Å². The van der Waals surface area contributed by atoms with Crippen LogP contribution in [0.25, 0.3) is 39.4 Å². The summed E-state index contributed by atoms with van der Waals surface area (Å²) in [7, 11) is 0. The Kier molecular flexibility index (Phi) is 4.37. The van der Waals surface area contributed by atoms with Gasteiger partial charge in [-0.1, -0.05) is 72.8 Å². The standard InChI is InChI=1S/C24H15BrN2O2/c25-20-22(28)21(27-15-26-18-13-7-8-14-19(18)27)24(17-11-5-2-6-12-17)29-23(20)16-9-3-1-4-10-16/h1-15H. The van der Waals surface area contributed by atoms with Crippen molar-refractivity contribution in [1.82, 2.24) is 9.55 Å². The maximum absolute atomic E-state index is 13.5. The summed E-state index contributed by atoms with van der Waals surface area (Å²) in [6.07, 6.45) is 1.66. The minimum absolute atomic E-state index is 0.155. The fourth-order valence-corrected chi connectivity index (χ4v) is 3.92. The highest BCUT2D eigenvalue weighted by Crippen LogP contribution is 2.35. The molecule has 2 heterocycles. The van der Waals surface area contributed by atoms with Crippen molar-refractivity contribution in [2.45, 2.75) is 0 Å². The second-order valence-electron chi connectivity index (χ2n) is 6.59. The number of para-hydroxylation sites is 2. The van der Waals surface area contributed by atoms with Gasteiger partial charge in [-0.05, 0) is 28.1 Å². The van der Waals surface area contributed by atoms with Crippen LogP contribution in [0.5, 0.6) is 0 Å². The quantitative estimate of drug-likeness (QED) is 0.340. The third kappa shape index (κ3) is 3.00.